The number of benzene rings is 2. The van der Waals surface area contributed by atoms with E-state index in [-0.39, 0.29) is 12.0 Å². The lowest BCUT2D eigenvalue weighted by Gasteiger charge is -2.17. The third-order valence-corrected chi connectivity index (χ3v) is 3.57. The minimum Gasteiger partial charge on any atom is -0.467 e. The van der Waals surface area contributed by atoms with Gasteiger partial charge in [0.25, 0.3) is 5.91 Å². The molecule has 0 fully saturated rings. The van der Waals surface area contributed by atoms with Gasteiger partial charge in [0.2, 0.25) is 0 Å². The number of carbonyl (C=O) groups excluding carboxylic acids is 2. The third kappa shape index (κ3) is 4.52. The summed E-state index contributed by atoms with van der Waals surface area (Å²) in [4.78, 5) is 24.0. The van der Waals surface area contributed by atoms with Crippen molar-refractivity contribution in [3.8, 4) is 0 Å². The van der Waals surface area contributed by atoms with E-state index in [1.807, 2.05) is 0 Å². The second kappa shape index (κ2) is 7.88. The standard InChI is InChI=1S/C17H14ClF2NO3/c1-24-17(23)15(8-10-2-4-11(18)5-3-10)21-16(22)13-7-6-12(19)9-14(13)20/h2-7,9,15H,8H2,1H3,(H,21,22)/t15-/m1/s1. The summed E-state index contributed by atoms with van der Waals surface area (Å²) in [7, 11) is 1.18. The van der Waals surface area contributed by atoms with Gasteiger partial charge in [0.05, 0.1) is 12.7 Å². The fourth-order valence-corrected chi connectivity index (χ4v) is 2.23. The molecule has 1 amide bonds. The lowest BCUT2D eigenvalue weighted by molar-refractivity contribution is -0.142. The Bertz CT molecular complexity index is 750. The average Bonchev–Trinajstić information content (AvgIpc) is 2.55. The molecular weight excluding hydrogens is 340 g/mol. The van der Waals surface area contributed by atoms with Gasteiger partial charge in [0, 0.05) is 17.5 Å². The molecule has 0 saturated heterocycles. The molecule has 0 saturated carbocycles. The number of rotatable bonds is 5. The van der Waals surface area contributed by atoms with Crippen LogP contribution in [0.15, 0.2) is 42.5 Å². The van der Waals surface area contributed by atoms with E-state index in [2.05, 4.69) is 10.1 Å². The Labute approximate surface area is 142 Å². The van der Waals surface area contributed by atoms with Gasteiger partial charge in [-0.1, -0.05) is 23.7 Å². The molecule has 24 heavy (non-hydrogen) atoms. The van der Waals surface area contributed by atoms with Crippen molar-refractivity contribution in [3.63, 3.8) is 0 Å². The molecule has 2 aromatic carbocycles. The highest BCUT2D eigenvalue weighted by Gasteiger charge is 2.24. The summed E-state index contributed by atoms with van der Waals surface area (Å²) in [6, 6.07) is 8.24. The molecular formula is C17H14ClF2NO3. The number of hydrogen-bond donors (Lipinski definition) is 1. The Hall–Kier alpha value is -2.47. The van der Waals surface area contributed by atoms with E-state index in [0.717, 1.165) is 17.7 Å². The molecule has 0 spiro atoms. The first kappa shape index (κ1) is 17.9. The zero-order chi connectivity index (χ0) is 17.7. The zero-order valence-electron chi connectivity index (χ0n) is 12.7. The van der Waals surface area contributed by atoms with Crippen molar-refractivity contribution in [1.82, 2.24) is 5.32 Å². The number of esters is 1. The summed E-state index contributed by atoms with van der Waals surface area (Å²) in [5.74, 6) is -3.32. The van der Waals surface area contributed by atoms with Crippen molar-refractivity contribution in [2.75, 3.05) is 7.11 Å². The number of hydrogen-bond acceptors (Lipinski definition) is 3. The predicted molar refractivity (Wildman–Crippen MR) is 84.8 cm³/mol. The molecule has 126 valence electrons. The van der Waals surface area contributed by atoms with Crippen molar-refractivity contribution in [3.05, 3.63) is 70.2 Å². The van der Waals surface area contributed by atoms with Crippen molar-refractivity contribution in [1.29, 1.82) is 0 Å². The number of carbonyl (C=O) groups is 2. The van der Waals surface area contributed by atoms with E-state index in [1.165, 1.54) is 7.11 Å². The summed E-state index contributed by atoms with van der Waals surface area (Å²) >= 11 is 5.80. The molecule has 0 bridgehead atoms. The highest BCUT2D eigenvalue weighted by atomic mass is 35.5. The molecule has 1 N–H and O–H groups in total. The number of ether oxygens (including phenoxy) is 1. The number of amides is 1. The number of nitrogens with one attached hydrogen (secondary N) is 1. The molecule has 0 aromatic heterocycles. The van der Waals surface area contributed by atoms with E-state index < -0.39 is 29.6 Å². The minimum absolute atomic E-state index is 0.137. The van der Waals surface area contributed by atoms with Crippen LogP contribution in [0.2, 0.25) is 5.02 Å². The van der Waals surface area contributed by atoms with Crippen molar-refractivity contribution < 1.29 is 23.1 Å². The number of halogens is 3. The maximum absolute atomic E-state index is 13.7. The Morgan fingerprint density at radius 2 is 1.83 bits per heavy atom. The summed E-state index contributed by atoms with van der Waals surface area (Å²) in [5.41, 5.74) is 0.371. The summed E-state index contributed by atoms with van der Waals surface area (Å²) in [5, 5.41) is 2.93. The monoisotopic (exact) mass is 353 g/mol. The van der Waals surface area contributed by atoms with Gasteiger partial charge in [-0.3, -0.25) is 4.79 Å². The predicted octanol–water partition coefficient (Wildman–Crippen LogP) is 3.13. The maximum atomic E-state index is 13.7. The van der Waals surface area contributed by atoms with Crippen LogP contribution < -0.4 is 5.32 Å². The molecule has 4 nitrogen and oxygen atoms in total. The molecule has 0 heterocycles. The van der Waals surface area contributed by atoms with Crippen molar-refractivity contribution in [2.45, 2.75) is 12.5 Å². The lowest BCUT2D eigenvalue weighted by Crippen LogP contribution is -2.43. The van der Waals surface area contributed by atoms with Crippen molar-refractivity contribution in [2.24, 2.45) is 0 Å². The molecule has 0 aliphatic carbocycles. The Balaban J connectivity index is 2.17. The van der Waals surface area contributed by atoms with E-state index in [1.54, 1.807) is 24.3 Å². The third-order valence-electron chi connectivity index (χ3n) is 3.32. The first-order chi connectivity index (χ1) is 11.4. The van der Waals surface area contributed by atoms with E-state index >= 15 is 0 Å². The molecule has 2 rings (SSSR count). The first-order valence-corrected chi connectivity index (χ1v) is 7.36. The summed E-state index contributed by atoms with van der Waals surface area (Å²) in [6.45, 7) is 0. The highest BCUT2D eigenvalue weighted by molar-refractivity contribution is 6.30. The fraction of sp³-hybridized carbons (Fsp3) is 0.176. The van der Waals surface area contributed by atoms with E-state index in [9.17, 15) is 18.4 Å². The molecule has 0 aliphatic rings. The minimum atomic E-state index is -1.02. The van der Waals surface area contributed by atoms with Gasteiger partial charge >= 0.3 is 5.97 Å². The summed E-state index contributed by atoms with van der Waals surface area (Å²) in [6.07, 6.45) is 0.137. The molecule has 7 heteroatoms. The van der Waals surface area contributed by atoms with Gasteiger partial charge in [-0.05, 0) is 29.8 Å². The van der Waals surface area contributed by atoms with Crippen molar-refractivity contribution >= 4 is 23.5 Å². The van der Waals surface area contributed by atoms with Crippen LogP contribution in [-0.4, -0.2) is 25.0 Å². The molecule has 0 unspecified atom stereocenters. The normalized spacial score (nSPS) is 11.7. The van der Waals surface area contributed by atoms with Gasteiger partial charge in [-0.25, -0.2) is 13.6 Å². The summed E-state index contributed by atoms with van der Waals surface area (Å²) < 4.78 is 31.3. The molecule has 0 radical (unpaired) electrons. The van der Waals surface area contributed by atoms with E-state index in [0.29, 0.717) is 11.1 Å². The van der Waals surface area contributed by atoms with Gasteiger partial charge in [-0.15, -0.1) is 0 Å². The number of methoxy groups -OCH3 is 1. The second-order valence-corrected chi connectivity index (χ2v) is 5.44. The largest absolute Gasteiger partial charge is 0.467 e. The topological polar surface area (TPSA) is 55.4 Å². The van der Waals surface area contributed by atoms with Crippen LogP contribution in [0.3, 0.4) is 0 Å². The molecule has 0 aliphatic heterocycles. The maximum Gasteiger partial charge on any atom is 0.328 e. The van der Waals surface area contributed by atoms with Gasteiger partial charge in [0.1, 0.15) is 17.7 Å². The second-order valence-electron chi connectivity index (χ2n) is 5.00. The smallest absolute Gasteiger partial charge is 0.328 e. The van der Waals surface area contributed by atoms with Crippen LogP contribution in [0.1, 0.15) is 15.9 Å². The quantitative estimate of drug-likeness (QED) is 0.840. The Morgan fingerprint density at radius 3 is 2.42 bits per heavy atom. The molecule has 2 aromatic rings. The Kier molecular flexibility index (Phi) is 5.87. The van der Waals surface area contributed by atoms with Crippen LogP contribution in [0.25, 0.3) is 0 Å². The fourth-order valence-electron chi connectivity index (χ4n) is 2.10. The highest BCUT2D eigenvalue weighted by Crippen LogP contribution is 2.13. The van der Waals surface area contributed by atoms with Gasteiger partial charge in [0.15, 0.2) is 0 Å². The van der Waals surface area contributed by atoms with Gasteiger partial charge < -0.3 is 10.1 Å². The first-order valence-electron chi connectivity index (χ1n) is 6.99. The lowest BCUT2D eigenvalue weighted by atomic mass is 10.1. The van der Waals surface area contributed by atoms with Crippen LogP contribution in [0.5, 0.6) is 0 Å². The van der Waals surface area contributed by atoms with Gasteiger partial charge in [-0.2, -0.15) is 0 Å². The van der Waals surface area contributed by atoms with Crippen LogP contribution in [-0.2, 0) is 16.0 Å². The zero-order valence-corrected chi connectivity index (χ0v) is 13.4. The average molecular weight is 354 g/mol. The van der Waals surface area contributed by atoms with Crippen LogP contribution >= 0.6 is 11.6 Å². The van der Waals surface area contributed by atoms with Crippen LogP contribution in [0.4, 0.5) is 8.78 Å². The Morgan fingerprint density at radius 1 is 1.17 bits per heavy atom. The SMILES string of the molecule is COC(=O)[C@@H](Cc1ccc(Cl)cc1)NC(=O)c1ccc(F)cc1F. The van der Waals surface area contributed by atoms with E-state index in [4.69, 9.17) is 11.6 Å². The van der Waals surface area contributed by atoms with Crippen LogP contribution in [0, 0.1) is 11.6 Å². The molecule has 1 atom stereocenters.